The molecule has 4 atom stereocenters. The molecular weight excluding hydrogens is 266 g/mol. The molecule has 0 aliphatic carbocycles. The first-order valence-electron chi connectivity index (χ1n) is 6.46. The molecule has 0 bridgehead atoms. The van der Waals surface area contributed by atoms with Crippen LogP contribution < -0.4 is 10.6 Å². The second kappa shape index (κ2) is 6.44. The summed E-state index contributed by atoms with van der Waals surface area (Å²) in [5, 5.41) is 4.98. The predicted octanol–water partition coefficient (Wildman–Crippen LogP) is 1.06. The summed E-state index contributed by atoms with van der Waals surface area (Å²) in [5.74, 6) is 0. The summed E-state index contributed by atoms with van der Waals surface area (Å²) in [4.78, 5) is 33.5. The van der Waals surface area contributed by atoms with E-state index < -0.39 is 12.1 Å². The maximum Gasteiger partial charge on any atom is 0.418 e. The van der Waals surface area contributed by atoms with Crippen LogP contribution in [-0.2, 0) is 9.47 Å². The van der Waals surface area contributed by atoms with Crippen molar-refractivity contribution in [2.75, 3.05) is 7.05 Å². The lowest BCUT2D eigenvalue weighted by Gasteiger charge is -2.16. The lowest BCUT2D eigenvalue weighted by Crippen LogP contribution is -2.43. The van der Waals surface area contributed by atoms with Crippen molar-refractivity contribution in [2.24, 2.45) is 0 Å². The van der Waals surface area contributed by atoms with Crippen molar-refractivity contribution >= 4 is 18.2 Å². The maximum absolute atomic E-state index is 11.1. The Balaban J connectivity index is 0.000000217. The molecular formula is C12H21N3O5. The first kappa shape index (κ1) is 16.1. The highest BCUT2D eigenvalue weighted by Crippen LogP contribution is 2.18. The average molecular weight is 287 g/mol. The van der Waals surface area contributed by atoms with Gasteiger partial charge in [-0.3, -0.25) is 0 Å². The van der Waals surface area contributed by atoms with Crippen LogP contribution in [0.25, 0.3) is 0 Å². The standard InChI is InChI=1S/C7H12N2O3.C5H9NO2/c1-4-5(2)12-7(11)9(4)6(10)8-3;1-3-4(2)8-5(7)6-3/h4-5H,1-3H3,(H,8,10);3-4H,1-2H3,(H,6,7). The van der Waals surface area contributed by atoms with E-state index in [0.29, 0.717) is 0 Å². The molecule has 0 aromatic heterocycles. The Morgan fingerprint density at radius 2 is 1.75 bits per heavy atom. The van der Waals surface area contributed by atoms with Gasteiger partial charge in [0.25, 0.3) is 0 Å². The molecule has 2 aliphatic rings. The number of amides is 4. The molecule has 0 aromatic carbocycles. The number of hydrogen-bond donors (Lipinski definition) is 2. The monoisotopic (exact) mass is 287 g/mol. The molecule has 2 fully saturated rings. The van der Waals surface area contributed by atoms with E-state index in [2.05, 4.69) is 10.6 Å². The molecule has 20 heavy (non-hydrogen) atoms. The Kier molecular flexibility index (Phi) is 5.18. The highest BCUT2D eigenvalue weighted by atomic mass is 16.6. The van der Waals surface area contributed by atoms with Crippen molar-refractivity contribution in [2.45, 2.75) is 52.0 Å². The Hall–Kier alpha value is -1.99. The van der Waals surface area contributed by atoms with Crippen LogP contribution in [0, 0.1) is 0 Å². The second-order valence-electron chi connectivity index (χ2n) is 4.80. The summed E-state index contributed by atoms with van der Waals surface area (Å²) in [6.45, 7) is 7.30. The van der Waals surface area contributed by atoms with E-state index in [9.17, 15) is 14.4 Å². The molecule has 2 heterocycles. The van der Waals surface area contributed by atoms with Gasteiger partial charge in [-0.2, -0.15) is 0 Å². The number of imide groups is 1. The van der Waals surface area contributed by atoms with Crippen LogP contribution in [-0.4, -0.2) is 54.5 Å². The van der Waals surface area contributed by atoms with Gasteiger partial charge >= 0.3 is 18.2 Å². The number of nitrogens with zero attached hydrogens (tertiary/aromatic N) is 1. The van der Waals surface area contributed by atoms with Gasteiger partial charge in [-0.1, -0.05) is 0 Å². The number of rotatable bonds is 0. The van der Waals surface area contributed by atoms with Crippen LogP contribution in [0.15, 0.2) is 0 Å². The summed E-state index contributed by atoms with van der Waals surface area (Å²) in [7, 11) is 1.48. The molecule has 2 aliphatic heterocycles. The van der Waals surface area contributed by atoms with Gasteiger partial charge in [0, 0.05) is 7.05 Å². The number of carbonyl (C=O) groups excluding carboxylic acids is 3. The van der Waals surface area contributed by atoms with E-state index >= 15 is 0 Å². The number of nitrogens with one attached hydrogen (secondary N) is 2. The summed E-state index contributed by atoms with van der Waals surface area (Å²) in [6, 6.07) is -0.447. The fourth-order valence-corrected chi connectivity index (χ4v) is 1.69. The molecule has 2 saturated heterocycles. The van der Waals surface area contributed by atoms with E-state index in [1.807, 2.05) is 13.8 Å². The molecule has 8 heteroatoms. The van der Waals surface area contributed by atoms with Crippen LogP contribution in [0.3, 0.4) is 0 Å². The molecule has 2 N–H and O–H groups in total. The van der Waals surface area contributed by atoms with E-state index in [-0.39, 0.29) is 30.4 Å². The molecule has 2 rings (SSSR count). The zero-order valence-electron chi connectivity index (χ0n) is 12.3. The molecule has 0 spiro atoms. The molecule has 0 saturated carbocycles. The second-order valence-corrected chi connectivity index (χ2v) is 4.80. The third-order valence-corrected chi connectivity index (χ3v) is 3.35. The first-order chi connectivity index (χ1) is 9.27. The molecule has 0 radical (unpaired) electrons. The zero-order chi connectivity index (χ0) is 15.4. The van der Waals surface area contributed by atoms with Crippen molar-refractivity contribution in [3.05, 3.63) is 0 Å². The molecule has 4 amide bonds. The topological polar surface area (TPSA) is 97.0 Å². The van der Waals surface area contributed by atoms with E-state index in [1.54, 1.807) is 13.8 Å². The minimum Gasteiger partial charge on any atom is -0.444 e. The summed E-state index contributed by atoms with van der Waals surface area (Å²) >= 11 is 0. The van der Waals surface area contributed by atoms with Gasteiger partial charge < -0.3 is 20.1 Å². The van der Waals surface area contributed by atoms with Crippen molar-refractivity contribution in [1.29, 1.82) is 0 Å². The highest BCUT2D eigenvalue weighted by Gasteiger charge is 2.39. The predicted molar refractivity (Wildman–Crippen MR) is 70.2 cm³/mol. The fraction of sp³-hybridized carbons (Fsp3) is 0.750. The van der Waals surface area contributed by atoms with Crippen molar-refractivity contribution in [1.82, 2.24) is 15.5 Å². The van der Waals surface area contributed by atoms with E-state index in [4.69, 9.17) is 9.47 Å². The Morgan fingerprint density at radius 3 is 2.00 bits per heavy atom. The summed E-state index contributed by atoms with van der Waals surface area (Å²) < 4.78 is 9.56. The third-order valence-electron chi connectivity index (χ3n) is 3.35. The van der Waals surface area contributed by atoms with Crippen molar-refractivity contribution in [3.8, 4) is 0 Å². The average Bonchev–Trinajstić information content (AvgIpc) is 2.79. The van der Waals surface area contributed by atoms with Crippen LogP contribution in [0.4, 0.5) is 14.4 Å². The Bertz CT molecular complexity index is 381. The quantitative estimate of drug-likeness (QED) is 0.694. The van der Waals surface area contributed by atoms with Gasteiger partial charge in [0.1, 0.15) is 12.2 Å². The van der Waals surface area contributed by atoms with Crippen molar-refractivity contribution in [3.63, 3.8) is 0 Å². The third kappa shape index (κ3) is 3.52. The smallest absolute Gasteiger partial charge is 0.418 e. The first-order valence-corrected chi connectivity index (χ1v) is 6.46. The SMILES string of the molecule is CC1NC(=O)OC1C.CNC(=O)N1C(=O)OC(C)C1C. The highest BCUT2D eigenvalue weighted by molar-refractivity contribution is 5.92. The van der Waals surface area contributed by atoms with Crippen LogP contribution >= 0.6 is 0 Å². The Morgan fingerprint density at radius 1 is 1.15 bits per heavy atom. The van der Waals surface area contributed by atoms with Gasteiger partial charge in [-0.15, -0.1) is 0 Å². The van der Waals surface area contributed by atoms with Crippen LogP contribution in [0.1, 0.15) is 27.7 Å². The van der Waals surface area contributed by atoms with Gasteiger partial charge in [-0.25, -0.2) is 19.3 Å². The summed E-state index contributed by atoms with van der Waals surface area (Å²) in [5.41, 5.74) is 0. The largest absolute Gasteiger partial charge is 0.444 e. The number of alkyl carbamates (subject to hydrolysis) is 1. The van der Waals surface area contributed by atoms with Gasteiger partial charge in [0.2, 0.25) is 0 Å². The van der Waals surface area contributed by atoms with Gasteiger partial charge in [0.05, 0.1) is 12.1 Å². The molecule has 8 nitrogen and oxygen atoms in total. The zero-order valence-corrected chi connectivity index (χ0v) is 12.3. The Labute approximate surface area is 117 Å². The normalized spacial score (nSPS) is 31.8. The van der Waals surface area contributed by atoms with Gasteiger partial charge in [-0.05, 0) is 27.7 Å². The van der Waals surface area contributed by atoms with Crippen molar-refractivity contribution < 1.29 is 23.9 Å². The molecule has 114 valence electrons. The van der Waals surface area contributed by atoms with Crippen LogP contribution in [0.2, 0.25) is 0 Å². The lowest BCUT2D eigenvalue weighted by atomic mass is 10.2. The number of urea groups is 1. The lowest BCUT2D eigenvalue weighted by molar-refractivity contribution is 0.138. The minimum atomic E-state index is -0.575. The number of hydrogen-bond acceptors (Lipinski definition) is 5. The maximum atomic E-state index is 11.1. The van der Waals surface area contributed by atoms with E-state index in [0.717, 1.165) is 4.90 Å². The summed E-state index contributed by atoms with van der Waals surface area (Å²) in [6.07, 6.45) is -1.07. The number of carbonyl (C=O) groups is 3. The van der Waals surface area contributed by atoms with Gasteiger partial charge in [0.15, 0.2) is 0 Å². The minimum absolute atomic E-state index is 0.0301. The fourth-order valence-electron chi connectivity index (χ4n) is 1.69. The van der Waals surface area contributed by atoms with Crippen LogP contribution in [0.5, 0.6) is 0 Å². The molecule has 4 unspecified atom stereocenters. The molecule has 0 aromatic rings. The number of ether oxygens (including phenoxy) is 2. The number of cyclic esters (lactones) is 2. The van der Waals surface area contributed by atoms with E-state index in [1.165, 1.54) is 7.05 Å².